The number of hydrogen-bond donors (Lipinski definition) is 2. The fraction of sp³-hybridized carbons (Fsp3) is 0.895. The van der Waals surface area contributed by atoms with Gasteiger partial charge in [-0.1, -0.05) is 19.8 Å². The molecule has 0 spiro atoms. The third-order valence-corrected chi connectivity index (χ3v) is 6.24. The Hall–Kier alpha value is -0.810. The van der Waals surface area contributed by atoms with Gasteiger partial charge in [0.1, 0.15) is 0 Å². The number of amides is 2. The minimum Gasteiger partial charge on any atom is -0.354 e. The van der Waals surface area contributed by atoms with Gasteiger partial charge in [-0.25, -0.2) is 0 Å². The summed E-state index contributed by atoms with van der Waals surface area (Å²) in [6, 6.07) is -0.00544. The standard InChI is InChI=1S/C19H33N3O2.ClH/c1-2-8-19(9-5-10-19)18(24)22-12-4-6-15(14-22)13-21-17(23)16-7-3-11-20-16;/h15-16,20H,2-14H2,1H3,(H,21,23);1H. The first-order valence-corrected chi connectivity index (χ1v) is 9.95. The SMILES string of the molecule is CCCC1(C(=O)N2CCCC(CNC(=O)C3CCCN3)C2)CCC1.Cl. The Morgan fingerprint density at radius 2 is 2.00 bits per heavy atom. The molecule has 2 atom stereocenters. The van der Waals surface area contributed by atoms with Crippen molar-refractivity contribution in [3.63, 3.8) is 0 Å². The number of nitrogens with zero attached hydrogens (tertiary/aromatic N) is 1. The lowest BCUT2D eigenvalue weighted by atomic mass is 9.65. The molecule has 2 unspecified atom stereocenters. The molecule has 1 saturated carbocycles. The summed E-state index contributed by atoms with van der Waals surface area (Å²) < 4.78 is 0. The highest BCUT2D eigenvalue weighted by Crippen LogP contribution is 2.46. The van der Waals surface area contributed by atoms with Crippen LogP contribution < -0.4 is 10.6 Å². The monoisotopic (exact) mass is 371 g/mol. The number of hydrogen-bond acceptors (Lipinski definition) is 3. The maximum Gasteiger partial charge on any atom is 0.237 e. The van der Waals surface area contributed by atoms with Gasteiger partial charge in [-0.2, -0.15) is 0 Å². The number of carbonyl (C=O) groups excluding carboxylic acids is 2. The van der Waals surface area contributed by atoms with E-state index in [4.69, 9.17) is 0 Å². The largest absolute Gasteiger partial charge is 0.354 e. The van der Waals surface area contributed by atoms with Gasteiger partial charge in [-0.3, -0.25) is 9.59 Å². The van der Waals surface area contributed by atoms with E-state index in [2.05, 4.69) is 22.5 Å². The highest BCUT2D eigenvalue weighted by molar-refractivity contribution is 5.85. The van der Waals surface area contributed by atoms with Crippen molar-refractivity contribution in [3.8, 4) is 0 Å². The zero-order valence-corrected chi connectivity index (χ0v) is 16.3. The Morgan fingerprint density at radius 1 is 1.20 bits per heavy atom. The number of likely N-dealkylation sites (tertiary alicyclic amines) is 1. The molecule has 5 nitrogen and oxygen atoms in total. The molecule has 6 heteroatoms. The van der Waals surface area contributed by atoms with Crippen LogP contribution in [0.5, 0.6) is 0 Å². The van der Waals surface area contributed by atoms with Gasteiger partial charge in [0.25, 0.3) is 0 Å². The van der Waals surface area contributed by atoms with Gasteiger partial charge in [-0.15, -0.1) is 12.4 Å². The van der Waals surface area contributed by atoms with Gasteiger partial charge in [0.2, 0.25) is 11.8 Å². The second-order valence-corrected chi connectivity index (χ2v) is 8.04. The van der Waals surface area contributed by atoms with E-state index in [0.717, 1.165) is 71.0 Å². The lowest BCUT2D eigenvalue weighted by Gasteiger charge is -2.45. The molecule has 2 aliphatic heterocycles. The lowest BCUT2D eigenvalue weighted by Crippen LogP contribution is -2.52. The predicted octanol–water partition coefficient (Wildman–Crippen LogP) is 2.49. The number of rotatable bonds is 6. The second kappa shape index (κ2) is 9.22. The van der Waals surface area contributed by atoms with Crippen LogP contribution >= 0.6 is 12.4 Å². The second-order valence-electron chi connectivity index (χ2n) is 8.04. The van der Waals surface area contributed by atoms with Gasteiger partial charge >= 0.3 is 0 Å². The van der Waals surface area contributed by atoms with Crippen LogP contribution in [0.2, 0.25) is 0 Å². The Balaban J connectivity index is 0.00000225. The first-order chi connectivity index (χ1) is 11.6. The third kappa shape index (κ3) is 4.68. The van der Waals surface area contributed by atoms with E-state index in [1.54, 1.807) is 0 Å². The average molecular weight is 372 g/mol. The summed E-state index contributed by atoms with van der Waals surface area (Å²) in [7, 11) is 0. The molecule has 1 aliphatic carbocycles. The van der Waals surface area contributed by atoms with Crippen LogP contribution in [0.15, 0.2) is 0 Å². The van der Waals surface area contributed by atoms with Crippen LogP contribution in [-0.2, 0) is 9.59 Å². The quantitative estimate of drug-likeness (QED) is 0.754. The molecule has 25 heavy (non-hydrogen) atoms. The predicted molar refractivity (Wildman–Crippen MR) is 102 cm³/mol. The average Bonchev–Trinajstić information content (AvgIpc) is 3.10. The molecule has 3 rings (SSSR count). The Labute approximate surface area is 158 Å². The van der Waals surface area contributed by atoms with Crippen molar-refractivity contribution in [2.75, 3.05) is 26.2 Å². The molecule has 2 N–H and O–H groups in total. The van der Waals surface area contributed by atoms with Crippen molar-refractivity contribution in [3.05, 3.63) is 0 Å². The molecule has 0 radical (unpaired) electrons. The Kier molecular flexibility index (Phi) is 7.56. The number of piperidine rings is 1. The maximum atomic E-state index is 13.0. The van der Waals surface area contributed by atoms with Crippen LogP contribution in [0, 0.1) is 11.3 Å². The molecule has 3 aliphatic rings. The fourth-order valence-electron chi connectivity index (χ4n) is 4.68. The van der Waals surface area contributed by atoms with Crippen LogP contribution in [0.3, 0.4) is 0 Å². The molecule has 0 aromatic heterocycles. The van der Waals surface area contributed by atoms with Crippen LogP contribution in [-0.4, -0.2) is 48.9 Å². The van der Waals surface area contributed by atoms with E-state index in [1.807, 2.05) is 0 Å². The summed E-state index contributed by atoms with van der Waals surface area (Å²) in [5.74, 6) is 0.938. The van der Waals surface area contributed by atoms with E-state index >= 15 is 0 Å². The number of carbonyl (C=O) groups is 2. The molecular weight excluding hydrogens is 338 g/mol. The molecule has 2 heterocycles. The normalized spacial score (nSPS) is 28.0. The Morgan fingerprint density at radius 3 is 2.60 bits per heavy atom. The molecule has 2 saturated heterocycles. The minimum atomic E-state index is -0.0480. The van der Waals surface area contributed by atoms with E-state index in [9.17, 15) is 9.59 Å². The topological polar surface area (TPSA) is 61.4 Å². The first-order valence-electron chi connectivity index (χ1n) is 9.95. The van der Waals surface area contributed by atoms with Gasteiger partial charge in [-0.05, 0) is 57.4 Å². The van der Waals surface area contributed by atoms with Crippen LogP contribution in [0.25, 0.3) is 0 Å². The minimum absolute atomic E-state index is 0. The summed E-state index contributed by atoms with van der Waals surface area (Å²) in [6.45, 7) is 5.56. The van der Waals surface area contributed by atoms with Gasteiger partial charge in [0, 0.05) is 25.0 Å². The van der Waals surface area contributed by atoms with Crippen molar-refractivity contribution in [1.82, 2.24) is 15.5 Å². The van der Waals surface area contributed by atoms with E-state index < -0.39 is 0 Å². The summed E-state index contributed by atoms with van der Waals surface area (Å²) in [5.41, 5.74) is -0.0480. The lowest BCUT2D eigenvalue weighted by molar-refractivity contribution is -0.150. The summed E-state index contributed by atoms with van der Waals surface area (Å²) in [4.78, 5) is 27.3. The smallest absolute Gasteiger partial charge is 0.237 e. The van der Waals surface area contributed by atoms with Crippen molar-refractivity contribution in [1.29, 1.82) is 0 Å². The van der Waals surface area contributed by atoms with Crippen LogP contribution in [0.4, 0.5) is 0 Å². The zero-order valence-electron chi connectivity index (χ0n) is 15.5. The van der Waals surface area contributed by atoms with Crippen molar-refractivity contribution < 1.29 is 9.59 Å². The van der Waals surface area contributed by atoms with Gasteiger partial charge in [0.15, 0.2) is 0 Å². The van der Waals surface area contributed by atoms with Gasteiger partial charge in [0.05, 0.1) is 6.04 Å². The van der Waals surface area contributed by atoms with Crippen molar-refractivity contribution in [2.45, 2.75) is 70.8 Å². The zero-order chi connectivity index (χ0) is 17.0. The van der Waals surface area contributed by atoms with Gasteiger partial charge < -0.3 is 15.5 Å². The van der Waals surface area contributed by atoms with Crippen molar-refractivity contribution in [2.24, 2.45) is 11.3 Å². The summed E-state index contributed by atoms with van der Waals surface area (Å²) >= 11 is 0. The Bertz CT molecular complexity index is 462. The molecule has 0 bridgehead atoms. The number of nitrogens with one attached hydrogen (secondary N) is 2. The third-order valence-electron chi connectivity index (χ3n) is 6.24. The van der Waals surface area contributed by atoms with E-state index in [1.165, 1.54) is 6.42 Å². The molecule has 144 valence electrons. The highest BCUT2D eigenvalue weighted by Gasteiger charge is 2.45. The molecular formula is C19H34ClN3O2. The summed E-state index contributed by atoms with van der Waals surface area (Å²) in [5, 5.41) is 6.35. The molecule has 2 amide bonds. The molecule has 0 aromatic rings. The van der Waals surface area contributed by atoms with E-state index in [-0.39, 0.29) is 29.8 Å². The summed E-state index contributed by atoms with van der Waals surface area (Å²) in [6.07, 6.45) is 9.69. The highest BCUT2D eigenvalue weighted by atomic mass is 35.5. The van der Waals surface area contributed by atoms with E-state index in [0.29, 0.717) is 18.4 Å². The molecule has 0 aromatic carbocycles. The fourth-order valence-corrected chi connectivity index (χ4v) is 4.68. The maximum absolute atomic E-state index is 13.0. The number of halogens is 1. The first kappa shape index (κ1) is 20.5. The molecule has 3 fully saturated rings. The van der Waals surface area contributed by atoms with Crippen molar-refractivity contribution >= 4 is 24.2 Å². The van der Waals surface area contributed by atoms with Crippen LogP contribution in [0.1, 0.15) is 64.7 Å².